The van der Waals surface area contributed by atoms with Gasteiger partial charge in [-0.25, -0.2) is 0 Å². The van der Waals surface area contributed by atoms with Crippen molar-refractivity contribution in [2.45, 2.75) is 52.5 Å². The van der Waals surface area contributed by atoms with E-state index in [1.807, 2.05) is 18.7 Å². The molecule has 1 aliphatic carbocycles. The molecule has 0 radical (unpaired) electrons. The van der Waals surface area contributed by atoms with Crippen LogP contribution in [0.3, 0.4) is 0 Å². The second kappa shape index (κ2) is 8.54. The van der Waals surface area contributed by atoms with Gasteiger partial charge >= 0.3 is 0 Å². The molecule has 2 amide bonds. The topological polar surface area (TPSA) is 49.4 Å². The lowest BCUT2D eigenvalue weighted by Gasteiger charge is -2.41. The van der Waals surface area contributed by atoms with Gasteiger partial charge in [-0.05, 0) is 68.0 Å². The zero-order valence-electron chi connectivity index (χ0n) is 18.2. The van der Waals surface area contributed by atoms with Crippen LogP contribution in [0.5, 0.6) is 0 Å². The number of nitrogens with zero attached hydrogens (tertiary/aromatic N) is 1. The number of benzene rings is 1. The molecule has 1 N–H and O–H groups in total. The lowest BCUT2D eigenvalue weighted by atomic mass is 9.72. The fourth-order valence-corrected chi connectivity index (χ4v) is 5.35. The Hall–Kier alpha value is -2.14. The first-order valence-corrected chi connectivity index (χ1v) is 12.0. The normalized spacial score (nSPS) is 22.7. The molecule has 2 aliphatic rings. The molecule has 0 bridgehead atoms. The number of nitrogens with one attached hydrogen (secondary N) is 1. The monoisotopic (exact) mass is 424 g/mol. The van der Waals surface area contributed by atoms with Crippen LogP contribution in [0.4, 0.5) is 0 Å². The maximum absolute atomic E-state index is 13.3. The highest BCUT2D eigenvalue weighted by Crippen LogP contribution is 2.42. The van der Waals surface area contributed by atoms with Gasteiger partial charge in [0.05, 0.1) is 5.41 Å². The fourth-order valence-electron chi connectivity index (χ4n) is 4.62. The van der Waals surface area contributed by atoms with Crippen molar-refractivity contribution in [2.75, 3.05) is 13.1 Å². The van der Waals surface area contributed by atoms with Gasteiger partial charge in [0.2, 0.25) is 11.8 Å². The molecular weight excluding hydrogens is 392 g/mol. The molecule has 5 heteroatoms. The summed E-state index contributed by atoms with van der Waals surface area (Å²) in [6.07, 6.45) is 3.18. The third-order valence-electron chi connectivity index (χ3n) is 6.64. The molecule has 0 spiro atoms. The van der Waals surface area contributed by atoms with Crippen LogP contribution in [0, 0.1) is 17.3 Å². The lowest BCUT2D eigenvalue weighted by molar-refractivity contribution is -0.141. The number of hydrogen-bond donors (Lipinski definition) is 1. The summed E-state index contributed by atoms with van der Waals surface area (Å²) < 4.78 is 0. The number of hydrogen-bond acceptors (Lipinski definition) is 3. The smallest absolute Gasteiger partial charge is 0.226 e. The van der Waals surface area contributed by atoms with Crippen LogP contribution in [-0.4, -0.2) is 35.8 Å². The van der Waals surface area contributed by atoms with Crippen LogP contribution >= 0.6 is 11.3 Å². The van der Waals surface area contributed by atoms with Gasteiger partial charge < -0.3 is 10.2 Å². The summed E-state index contributed by atoms with van der Waals surface area (Å²) in [6, 6.07) is 12.9. The van der Waals surface area contributed by atoms with Crippen molar-refractivity contribution in [3.8, 4) is 10.4 Å². The van der Waals surface area contributed by atoms with E-state index in [1.165, 1.54) is 16.0 Å². The first-order valence-electron chi connectivity index (χ1n) is 11.1. The molecule has 0 unspecified atom stereocenters. The number of rotatable bonds is 6. The SMILES string of the molecule is CC(C)NC(=O)C1(Cc2cccc(-c3cccs3)c2)CCN(C(=O)[C@H]2C[C@@H]2C)CC1. The van der Waals surface area contributed by atoms with E-state index in [-0.39, 0.29) is 17.9 Å². The molecule has 2 heterocycles. The first kappa shape index (κ1) is 21.1. The van der Waals surface area contributed by atoms with E-state index in [2.05, 4.69) is 54.0 Å². The second-order valence-corrected chi connectivity index (χ2v) is 10.4. The average molecular weight is 425 g/mol. The predicted octanol–water partition coefficient (Wildman–Crippen LogP) is 4.75. The summed E-state index contributed by atoms with van der Waals surface area (Å²) in [5, 5.41) is 5.25. The second-order valence-electron chi connectivity index (χ2n) is 9.41. The van der Waals surface area contributed by atoms with Crippen LogP contribution in [-0.2, 0) is 16.0 Å². The molecule has 160 valence electrons. The minimum absolute atomic E-state index is 0.110. The summed E-state index contributed by atoms with van der Waals surface area (Å²) in [5.41, 5.74) is 1.94. The Morgan fingerprint density at radius 2 is 1.93 bits per heavy atom. The van der Waals surface area contributed by atoms with Crippen LogP contribution in [0.1, 0.15) is 45.6 Å². The van der Waals surface area contributed by atoms with E-state index in [4.69, 9.17) is 0 Å². The summed E-state index contributed by atoms with van der Waals surface area (Å²) in [5.74, 6) is 1.16. The summed E-state index contributed by atoms with van der Waals surface area (Å²) >= 11 is 1.73. The van der Waals surface area contributed by atoms with Crippen molar-refractivity contribution >= 4 is 23.2 Å². The predicted molar refractivity (Wildman–Crippen MR) is 122 cm³/mol. The zero-order chi connectivity index (χ0) is 21.3. The van der Waals surface area contributed by atoms with Crippen molar-refractivity contribution in [1.29, 1.82) is 0 Å². The Morgan fingerprint density at radius 1 is 1.20 bits per heavy atom. The quantitative estimate of drug-likeness (QED) is 0.728. The maximum atomic E-state index is 13.3. The third kappa shape index (κ3) is 4.46. The number of amides is 2. The molecule has 1 saturated carbocycles. The molecule has 4 rings (SSSR count). The van der Waals surface area contributed by atoms with Crippen LogP contribution in [0.25, 0.3) is 10.4 Å². The van der Waals surface area contributed by atoms with Crippen molar-refractivity contribution in [3.05, 3.63) is 47.3 Å². The highest BCUT2D eigenvalue weighted by Gasteiger charge is 2.46. The lowest BCUT2D eigenvalue weighted by Crippen LogP contribution is -2.52. The largest absolute Gasteiger partial charge is 0.353 e. The summed E-state index contributed by atoms with van der Waals surface area (Å²) in [4.78, 5) is 29.2. The number of likely N-dealkylation sites (tertiary alicyclic amines) is 1. The minimum Gasteiger partial charge on any atom is -0.353 e. The van der Waals surface area contributed by atoms with Crippen molar-refractivity contribution in [3.63, 3.8) is 0 Å². The van der Waals surface area contributed by atoms with Gasteiger partial charge in [-0.2, -0.15) is 0 Å². The molecule has 2 fully saturated rings. The molecule has 1 aromatic carbocycles. The Bertz CT molecular complexity index is 898. The molecular formula is C25H32N2O2S. The van der Waals surface area contributed by atoms with E-state index < -0.39 is 5.41 Å². The fraction of sp³-hybridized carbons (Fsp3) is 0.520. The van der Waals surface area contributed by atoms with Crippen LogP contribution in [0.15, 0.2) is 41.8 Å². The Labute approximate surface area is 183 Å². The van der Waals surface area contributed by atoms with Gasteiger partial charge in [0, 0.05) is 29.9 Å². The maximum Gasteiger partial charge on any atom is 0.226 e. The van der Waals surface area contributed by atoms with Crippen LogP contribution < -0.4 is 5.32 Å². The Balaban J connectivity index is 1.53. The Morgan fingerprint density at radius 3 is 2.53 bits per heavy atom. The molecule has 1 aromatic heterocycles. The van der Waals surface area contributed by atoms with Gasteiger partial charge in [-0.1, -0.05) is 37.3 Å². The average Bonchev–Trinajstić information content (AvgIpc) is 3.21. The zero-order valence-corrected chi connectivity index (χ0v) is 19.0. The number of carbonyl (C=O) groups is 2. The van der Waals surface area contributed by atoms with E-state index in [0.29, 0.717) is 31.3 Å². The molecule has 30 heavy (non-hydrogen) atoms. The van der Waals surface area contributed by atoms with Gasteiger partial charge in [0.1, 0.15) is 0 Å². The van der Waals surface area contributed by atoms with Gasteiger partial charge in [0.25, 0.3) is 0 Å². The summed E-state index contributed by atoms with van der Waals surface area (Å²) in [7, 11) is 0. The van der Waals surface area contributed by atoms with Crippen molar-refractivity contribution in [2.24, 2.45) is 17.3 Å². The van der Waals surface area contributed by atoms with E-state index in [0.717, 1.165) is 19.3 Å². The van der Waals surface area contributed by atoms with Crippen molar-refractivity contribution in [1.82, 2.24) is 10.2 Å². The van der Waals surface area contributed by atoms with Crippen molar-refractivity contribution < 1.29 is 9.59 Å². The number of piperidine rings is 1. The molecule has 2 atom stereocenters. The molecule has 4 nitrogen and oxygen atoms in total. The molecule has 2 aromatic rings. The number of thiophene rings is 1. The summed E-state index contributed by atoms with van der Waals surface area (Å²) in [6.45, 7) is 7.52. The third-order valence-corrected chi connectivity index (χ3v) is 7.55. The Kier molecular flexibility index (Phi) is 6.01. The van der Waals surface area contributed by atoms with Crippen LogP contribution in [0.2, 0.25) is 0 Å². The number of carbonyl (C=O) groups excluding carboxylic acids is 2. The highest BCUT2D eigenvalue weighted by molar-refractivity contribution is 7.13. The standard InChI is InChI=1S/C25H32N2O2S/c1-17(2)26-24(29)25(9-11-27(12-10-25)23(28)21-14-18(21)3)16-19-6-4-7-20(15-19)22-8-5-13-30-22/h4-8,13,15,17-18,21H,9-12,14,16H2,1-3H3,(H,26,29)/t18-,21-/m0/s1. The minimum atomic E-state index is -0.454. The van der Waals surface area contributed by atoms with E-state index in [9.17, 15) is 9.59 Å². The van der Waals surface area contributed by atoms with Gasteiger partial charge in [0.15, 0.2) is 0 Å². The van der Waals surface area contributed by atoms with E-state index >= 15 is 0 Å². The molecule has 1 aliphatic heterocycles. The highest BCUT2D eigenvalue weighted by atomic mass is 32.1. The van der Waals surface area contributed by atoms with E-state index in [1.54, 1.807) is 11.3 Å². The molecule has 1 saturated heterocycles. The first-order chi connectivity index (χ1) is 14.4. The van der Waals surface area contributed by atoms with Gasteiger partial charge in [-0.15, -0.1) is 11.3 Å². The van der Waals surface area contributed by atoms with Gasteiger partial charge in [-0.3, -0.25) is 9.59 Å².